The van der Waals surface area contributed by atoms with Crippen LogP contribution in [0.2, 0.25) is 0 Å². The maximum absolute atomic E-state index is 5.00. The summed E-state index contributed by atoms with van der Waals surface area (Å²) in [5, 5.41) is 3.39. The Labute approximate surface area is 128 Å². The van der Waals surface area contributed by atoms with Gasteiger partial charge in [0.05, 0.1) is 6.61 Å². The Bertz CT molecular complexity index is 354. The number of aryl methyl sites for hydroxylation is 1. The van der Waals surface area contributed by atoms with Gasteiger partial charge in [-0.05, 0) is 43.4 Å². The van der Waals surface area contributed by atoms with Crippen LogP contribution in [0.4, 0.5) is 0 Å². The normalized spacial score (nSPS) is 12.0. The second kappa shape index (κ2) is 9.54. The number of hydrogen-bond acceptors (Lipinski definition) is 3. The Morgan fingerprint density at radius 3 is 2.45 bits per heavy atom. The highest BCUT2D eigenvalue weighted by Gasteiger charge is 2.15. The largest absolute Gasteiger partial charge is 0.383 e. The Kier molecular flexibility index (Phi) is 8.43. The van der Waals surface area contributed by atoms with E-state index in [-0.39, 0.29) is 0 Å². The third-order valence-corrected chi connectivity index (χ3v) is 4.98. The second-order valence-corrected chi connectivity index (χ2v) is 7.59. The first kappa shape index (κ1) is 17.7. The highest BCUT2D eigenvalue weighted by Crippen LogP contribution is 2.30. The summed E-state index contributed by atoms with van der Waals surface area (Å²) in [4.78, 5) is 3.06. The molecule has 0 unspecified atom stereocenters. The molecular formula is C17H31NOS. The average molecular weight is 298 g/mol. The molecule has 0 bridgehead atoms. The van der Waals surface area contributed by atoms with E-state index >= 15 is 0 Å². The van der Waals surface area contributed by atoms with Gasteiger partial charge in [-0.15, -0.1) is 11.3 Å². The summed E-state index contributed by atoms with van der Waals surface area (Å²) in [7, 11) is 1.75. The van der Waals surface area contributed by atoms with Crippen LogP contribution < -0.4 is 5.32 Å². The Morgan fingerprint density at radius 1 is 1.05 bits per heavy atom. The Morgan fingerprint density at radius 2 is 1.80 bits per heavy atom. The lowest BCUT2D eigenvalue weighted by Gasteiger charge is -2.15. The SMILES string of the molecule is COCCNCCCCCCc1ccc(C(C)(C)C)s1. The molecule has 116 valence electrons. The summed E-state index contributed by atoms with van der Waals surface area (Å²) in [5.74, 6) is 0. The van der Waals surface area contributed by atoms with E-state index in [4.69, 9.17) is 4.74 Å². The molecule has 20 heavy (non-hydrogen) atoms. The van der Waals surface area contributed by atoms with E-state index in [0.717, 1.165) is 19.7 Å². The lowest BCUT2D eigenvalue weighted by Crippen LogP contribution is -2.20. The van der Waals surface area contributed by atoms with Crippen LogP contribution in [-0.2, 0) is 16.6 Å². The van der Waals surface area contributed by atoms with Crippen molar-refractivity contribution < 1.29 is 4.74 Å². The molecular weight excluding hydrogens is 266 g/mol. The van der Waals surface area contributed by atoms with Crippen molar-refractivity contribution in [3.05, 3.63) is 21.9 Å². The van der Waals surface area contributed by atoms with Gasteiger partial charge in [0.25, 0.3) is 0 Å². The fourth-order valence-corrected chi connectivity index (χ4v) is 3.22. The molecule has 1 heterocycles. The van der Waals surface area contributed by atoms with Gasteiger partial charge < -0.3 is 10.1 Å². The molecule has 1 rings (SSSR count). The maximum atomic E-state index is 5.00. The monoisotopic (exact) mass is 297 g/mol. The van der Waals surface area contributed by atoms with Gasteiger partial charge in [-0.1, -0.05) is 33.6 Å². The molecule has 0 fully saturated rings. The number of ether oxygens (including phenoxy) is 1. The van der Waals surface area contributed by atoms with Crippen molar-refractivity contribution in [2.45, 2.75) is 58.3 Å². The molecule has 0 saturated heterocycles. The fraction of sp³-hybridized carbons (Fsp3) is 0.765. The molecule has 1 aromatic rings. The Hall–Kier alpha value is -0.380. The van der Waals surface area contributed by atoms with E-state index in [9.17, 15) is 0 Å². The summed E-state index contributed by atoms with van der Waals surface area (Å²) >= 11 is 1.99. The van der Waals surface area contributed by atoms with Crippen LogP contribution in [0.5, 0.6) is 0 Å². The van der Waals surface area contributed by atoms with Crippen molar-refractivity contribution in [1.29, 1.82) is 0 Å². The first-order valence-electron chi connectivity index (χ1n) is 7.83. The molecule has 3 heteroatoms. The number of rotatable bonds is 10. The van der Waals surface area contributed by atoms with E-state index in [1.165, 1.54) is 37.0 Å². The van der Waals surface area contributed by atoms with E-state index in [1.807, 2.05) is 11.3 Å². The van der Waals surface area contributed by atoms with Crippen molar-refractivity contribution >= 4 is 11.3 Å². The molecule has 0 aliphatic carbocycles. The molecule has 0 spiro atoms. The molecule has 0 saturated carbocycles. The minimum atomic E-state index is 0.302. The van der Waals surface area contributed by atoms with Gasteiger partial charge in [0.2, 0.25) is 0 Å². The molecule has 2 nitrogen and oxygen atoms in total. The van der Waals surface area contributed by atoms with Crippen LogP contribution in [0.3, 0.4) is 0 Å². The number of methoxy groups -OCH3 is 1. The summed E-state index contributed by atoms with van der Waals surface area (Å²) in [6.07, 6.45) is 6.52. The van der Waals surface area contributed by atoms with Crippen molar-refractivity contribution in [2.75, 3.05) is 26.8 Å². The fourth-order valence-electron chi connectivity index (χ4n) is 2.12. The first-order chi connectivity index (χ1) is 9.54. The smallest absolute Gasteiger partial charge is 0.0587 e. The lowest BCUT2D eigenvalue weighted by molar-refractivity contribution is 0.199. The van der Waals surface area contributed by atoms with Gasteiger partial charge in [0.1, 0.15) is 0 Å². The Balaban J connectivity index is 2.03. The van der Waals surface area contributed by atoms with Gasteiger partial charge in [0, 0.05) is 23.4 Å². The molecule has 0 radical (unpaired) electrons. The summed E-state index contributed by atoms with van der Waals surface area (Å²) in [6, 6.07) is 4.62. The zero-order valence-corrected chi connectivity index (χ0v) is 14.4. The quantitative estimate of drug-likeness (QED) is 0.647. The van der Waals surface area contributed by atoms with Gasteiger partial charge in [0.15, 0.2) is 0 Å². The van der Waals surface area contributed by atoms with Crippen LogP contribution in [0.15, 0.2) is 12.1 Å². The van der Waals surface area contributed by atoms with Crippen LogP contribution in [0.25, 0.3) is 0 Å². The van der Waals surface area contributed by atoms with Crippen LogP contribution in [-0.4, -0.2) is 26.8 Å². The highest BCUT2D eigenvalue weighted by molar-refractivity contribution is 7.12. The molecule has 0 aromatic carbocycles. The number of nitrogens with one attached hydrogen (secondary N) is 1. The summed E-state index contributed by atoms with van der Waals surface area (Å²) in [5.41, 5.74) is 0.302. The average Bonchev–Trinajstić information content (AvgIpc) is 2.85. The molecule has 0 aliphatic heterocycles. The number of unbranched alkanes of at least 4 members (excludes halogenated alkanes) is 3. The van der Waals surface area contributed by atoms with Crippen molar-refractivity contribution in [3.63, 3.8) is 0 Å². The third-order valence-electron chi connectivity index (χ3n) is 3.41. The zero-order valence-electron chi connectivity index (χ0n) is 13.6. The number of thiophene rings is 1. The van der Waals surface area contributed by atoms with E-state index in [2.05, 4.69) is 38.2 Å². The minimum Gasteiger partial charge on any atom is -0.383 e. The molecule has 1 aromatic heterocycles. The van der Waals surface area contributed by atoms with Gasteiger partial charge in [-0.25, -0.2) is 0 Å². The van der Waals surface area contributed by atoms with Crippen LogP contribution >= 0.6 is 11.3 Å². The van der Waals surface area contributed by atoms with E-state index in [0.29, 0.717) is 5.41 Å². The van der Waals surface area contributed by atoms with Gasteiger partial charge in [-0.2, -0.15) is 0 Å². The van der Waals surface area contributed by atoms with Crippen LogP contribution in [0.1, 0.15) is 56.2 Å². The zero-order chi connectivity index (χ0) is 14.8. The maximum Gasteiger partial charge on any atom is 0.0587 e. The predicted octanol–water partition coefficient (Wildman–Crippen LogP) is 4.38. The molecule has 1 N–H and O–H groups in total. The topological polar surface area (TPSA) is 21.3 Å². The molecule has 0 aliphatic rings. The highest BCUT2D eigenvalue weighted by atomic mass is 32.1. The van der Waals surface area contributed by atoms with Crippen molar-refractivity contribution in [2.24, 2.45) is 0 Å². The lowest BCUT2D eigenvalue weighted by atomic mass is 9.95. The first-order valence-corrected chi connectivity index (χ1v) is 8.64. The van der Waals surface area contributed by atoms with Gasteiger partial charge in [-0.3, -0.25) is 0 Å². The van der Waals surface area contributed by atoms with Crippen molar-refractivity contribution in [3.8, 4) is 0 Å². The molecule has 0 amide bonds. The third kappa shape index (κ3) is 7.41. The van der Waals surface area contributed by atoms with Crippen LogP contribution in [0, 0.1) is 0 Å². The summed E-state index contributed by atoms with van der Waals surface area (Å²) < 4.78 is 5.00. The number of hydrogen-bond donors (Lipinski definition) is 1. The second-order valence-electron chi connectivity index (χ2n) is 6.42. The van der Waals surface area contributed by atoms with Gasteiger partial charge >= 0.3 is 0 Å². The minimum absolute atomic E-state index is 0.302. The molecule has 0 atom stereocenters. The van der Waals surface area contributed by atoms with E-state index in [1.54, 1.807) is 12.0 Å². The predicted molar refractivity (Wildman–Crippen MR) is 89.9 cm³/mol. The van der Waals surface area contributed by atoms with E-state index < -0.39 is 0 Å². The summed E-state index contributed by atoms with van der Waals surface area (Å²) in [6.45, 7) is 9.78. The van der Waals surface area contributed by atoms with Crippen molar-refractivity contribution in [1.82, 2.24) is 5.32 Å². The standard InChI is InChI=1S/C17H31NOS/c1-17(2,3)16-11-10-15(20-16)9-7-5-6-8-12-18-13-14-19-4/h10-11,18H,5-9,12-14H2,1-4H3.